The first-order valence-electron chi connectivity index (χ1n) is 7.31. The van der Waals surface area contributed by atoms with E-state index in [1.165, 1.54) is 30.0 Å². The lowest BCUT2D eigenvalue weighted by Crippen LogP contribution is -2.48. The number of hydrogen-bond acceptors (Lipinski definition) is 4. The minimum Gasteiger partial charge on any atom is -0.323 e. The molecular weight excluding hydrogens is 361 g/mol. The average molecular weight is 376 g/mol. The Morgan fingerprint density at radius 2 is 2.12 bits per heavy atom. The molecule has 0 radical (unpaired) electrons. The monoisotopic (exact) mass is 376 g/mol. The Morgan fingerprint density at radius 3 is 2.83 bits per heavy atom. The molecule has 4 nitrogen and oxygen atoms in total. The predicted molar refractivity (Wildman–Crippen MR) is 87.7 cm³/mol. The summed E-state index contributed by atoms with van der Waals surface area (Å²) in [6, 6.07) is 5.13. The summed E-state index contributed by atoms with van der Waals surface area (Å²) in [5.74, 6) is -0.0832. The van der Waals surface area contributed by atoms with Crippen molar-refractivity contribution in [1.82, 2.24) is 4.90 Å². The zero-order valence-corrected chi connectivity index (χ0v) is 14.4. The number of carbonyl (C=O) groups is 2. The minimum absolute atomic E-state index is 0.0699. The van der Waals surface area contributed by atoms with Gasteiger partial charge in [0.25, 0.3) is 0 Å². The zero-order valence-electron chi connectivity index (χ0n) is 12.7. The number of fused-ring (bicyclic) bond motifs is 1. The van der Waals surface area contributed by atoms with Crippen molar-refractivity contribution in [3.05, 3.63) is 24.3 Å². The van der Waals surface area contributed by atoms with Gasteiger partial charge in [-0.2, -0.15) is 13.2 Å². The quantitative estimate of drug-likeness (QED) is 0.818. The van der Waals surface area contributed by atoms with E-state index in [1.807, 2.05) is 6.92 Å². The van der Waals surface area contributed by atoms with Gasteiger partial charge >= 0.3 is 5.51 Å². The number of anilines is 1. The van der Waals surface area contributed by atoms with Gasteiger partial charge < -0.3 is 10.2 Å². The summed E-state index contributed by atoms with van der Waals surface area (Å²) in [6.07, 6.45) is 1.08. The number of amides is 2. The minimum atomic E-state index is -4.44. The van der Waals surface area contributed by atoms with Crippen molar-refractivity contribution in [2.75, 3.05) is 11.1 Å². The van der Waals surface area contributed by atoms with Gasteiger partial charge in [-0.15, -0.1) is 11.8 Å². The van der Waals surface area contributed by atoms with Crippen LogP contribution in [0, 0.1) is 0 Å². The van der Waals surface area contributed by atoms with Crippen molar-refractivity contribution in [2.45, 2.75) is 41.1 Å². The highest BCUT2D eigenvalue weighted by molar-refractivity contribution is 8.01. The molecule has 3 rings (SSSR count). The van der Waals surface area contributed by atoms with Crippen LogP contribution in [0.4, 0.5) is 18.9 Å². The number of carbonyl (C=O) groups excluding carboxylic acids is 2. The Morgan fingerprint density at radius 1 is 1.42 bits per heavy atom. The van der Waals surface area contributed by atoms with E-state index in [-0.39, 0.29) is 33.1 Å². The van der Waals surface area contributed by atoms with Crippen LogP contribution in [0.5, 0.6) is 0 Å². The number of thioether (sulfide) groups is 2. The van der Waals surface area contributed by atoms with Gasteiger partial charge in [-0.3, -0.25) is 9.59 Å². The topological polar surface area (TPSA) is 49.4 Å². The van der Waals surface area contributed by atoms with Gasteiger partial charge in [-0.25, -0.2) is 0 Å². The highest BCUT2D eigenvalue weighted by Gasteiger charge is 2.52. The SMILES string of the molecule is CC12CCC(=O)N1C(C(=O)Nc1ccccc1SC(F)(F)F)CS2. The Labute approximate surface area is 145 Å². The first-order valence-corrected chi connectivity index (χ1v) is 9.12. The molecular formula is C15H15F3N2O2S2. The number of nitrogens with zero attached hydrogens (tertiary/aromatic N) is 1. The van der Waals surface area contributed by atoms with Crippen molar-refractivity contribution in [2.24, 2.45) is 0 Å². The zero-order chi connectivity index (χ0) is 17.5. The molecule has 2 atom stereocenters. The molecule has 24 heavy (non-hydrogen) atoms. The highest BCUT2D eigenvalue weighted by Crippen LogP contribution is 2.47. The fourth-order valence-corrected chi connectivity index (χ4v) is 5.07. The van der Waals surface area contributed by atoms with Crippen LogP contribution in [0.15, 0.2) is 29.2 Å². The van der Waals surface area contributed by atoms with Crippen LogP contribution >= 0.6 is 23.5 Å². The van der Waals surface area contributed by atoms with Crippen molar-refractivity contribution < 1.29 is 22.8 Å². The van der Waals surface area contributed by atoms with E-state index in [4.69, 9.17) is 0 Å². The summed E-state index contributed by atoms with van der Waals surface area (Å²) in [6.45, 7) is 1.92. The third kappa shape index (κ3) is 3.37. The standard InChI is InChI=1S/C15H15F3N2O2S2/c1-14-7-6-12(21)20(14)10(8-23-14)13(22)19-9-4-2-3-5-11(9)24-15(16,17)18/h2-5,10H,6-8H2,1H3,(H,19,22). The summed E-state index contributed by atoms with van der Waals surface area (Å²) in [5, 5.41) is 2.56. The van der Waals surface area contributed by atoms with E-state index < -0.39 is 17.5 Å². The Balaban J connectivity index is 1.78. The molecule has 2 saturated heterocycles. The fraction of sp³-hybridized carbons (Fsp3) is 0.467. The maximum absolute atomic E-state index is 12.6. The molecule has 0 aliphatic carbocycles. The molecule has 0 bridgehead atoms. The summed E-state index contributed by atoms with van der Waals surface area (Å²) in [5.41, 5.74) is -4.33. The van der Waals surface area contributed by atoms with Crippen LogP contribution in [0.25, 0.3) is 0 Å². The molecule has 1 N–H and O–H groups in total. The molecule has 9 heteroatoms. The smallest absolute Gasteiger partial charge is 0.323 e. The van der Waals surface area contributed by atoms with Crippen molar-refractivity contribution in [1.29, 1.82) is 0 Å². The molecule has 2 unspecified atom stereocenters. The second kappa shape index (κ2) is 6.18. The molecule has 2 aliphatic heterocycles. The van der Waals surface area contributed by atoms with Gasteiger partial charge in [0.05, 0.1) is 10.6 Å². The van der Waals surface area contributed by atoms with Gasteiger partial charge in [-0.1, -0.05) is 12.1 Å². The fourth-order valence-electron chi connectivity index (χ4n) is 3.01. The van der Waals surface area contributed by atoms with Gasteiger partial charge in [0.1, 0.15) is 6.04 Å². The number of nitrogens with one attached hydrogen (secondary N) is 1. The Bertz CT molecular complexity index is 683. The Hall–Kier alpha value is -1.35. The molecule has 1 aromatic rings. The summed E-state index contributed by atoms with van der Waals surface area (Å²) in [4.78, 5) is 25.7. The number of para-hydroxylation sites is 1. The lowest BCUT2D eigenvalue weighted by atomic mass is 10.2. The Kier molecular flexibility index (Phi) is 4.50. The predicted octanol–water partition coefficient (Wildman–Crippen LogP) is 3.69. The maximum Gasteiger partial charge on any atom is 0.446 e. The van der Waals surface area contributed by atoms with Gasteiger partial charge in [-0.05, 0) is 37.2 Å². The largest absolute Gasteiger partial charge is 0.446 e. The van der Waals surface area contributed by atoms with Crippen LogP contribution in [0.2, 0.25) is 0 Å². The van der Waals surface area contributed by atoms with Crippen molar-refractivity contribution >= 4 is 41.0 Å². The number of rotatable bonds is 3. The molecule has 0 spiro atoms. The first-order chi connectivity index (χ1) is 11.2. The molecule has 0 saturated carbocycles. The van der Waals surface area contributed by atoms with Crippen LogP contribution in [0.3, 0.4) is 0 Å². The molecule has 2 heterocycles. The van der Waals surface area contributed by atoms with E-state index >= 15 is 0 Å². The molecule has 130 valence electrons. The van der Waals surface area contributed by atoms with E-state index in [9.17, 15) is 22.8 Å². The third-order valence-electron chi connectivity index (χ3n) is 4.12. The van der Waals surface area contributed by atoms with Gasteiger partial charge in [0.2, 0.25) is 11.8 Å². The molecule has 2 fully saturated rings. The van der Waals surface area contributed by atoms with Crippen LogP contribution in [0.1, 0.15) is 19.8 Å². The highest BCUT2D eigenvalue weighted by atomic mass is 32.2. The lowest BCUT2D eigenvalue weighted by molar-refractivity contribution is -0.135. The summed E-state index contributed by atoms with van der Waals surface area (Å²) in [7, 11) is 0. The first kappa shape index (κ1) is 17.5. The summed E-state index contributed by atoms with van der Waals surface area (Å²) < 4.78 is 37.9. The molecule has 1 aromatic carbocycles. The normalized spacial score (nSPS) is 26.6. The van der Waals surface area contributed by atoms with E-state index in [1.54, 1.807) is 11.0 Å². The lowest BCUT2D eigenvalue weighted by Gasteiger charge is -2.30. The number of hydrogen-bond donors (Lipinski definition) is 1. The second-order valence-corrected chi connectivity index (χ2v) is 8.41. The maximum atomic E-state index is 12.6. The number of benzene rings is 1. The number of alkyl halides is 3. The molecule has 2 amide bonds. The molecule has 0 aromatic heterocycles. The summed E-state index contributed by atoms with van der Waals surface area (Å²) >= 11 is 1.27. The number of halogens is 3. The van der Waals surface area contributed by atoms with Crippen LogP contribution < -0.4 is 5.32 Å². The van der Waals surface area contributed by atoms with Crippen LogP contribution in [-0.2, 0) is 9.59 Å². The third-order valence-corrected chi connectivity index (χ3v) is 6.43. The van der Waals surface area contributed by atoms with E-state index in [0.717, 1.165) is 0 Å². The van der Waals surface area contributed by atoms with E-state index in [0.29, 0.717) is 18.6 Å². The van der Waals surface area contributed by atoms with Gasteiger partial charge in [0, 0.05) is 17.1 Å². The van der Waals surface area contributed by atoms with Gasteiger partial charge in [0.15, 0.2) is 0 Å². The van der Waals surface area contributed by atoms with Crippen molar-refractivity contribution in [3.8, 4) is 0 Å². The molecule has 2 aliphatic rings. The van der Waals surface area contributed by atoms with E-state index in [2.05, 4.69) is 5.32 Å². The van der Waals surface area contributed by atoms with Crippen molar-refractivity contribution in [3.63, 3.8) is 0 Å². The van der Waals surface area contributed by atoms with Crippen LogP contribution in [-0.4, -0.2) is 38.9 Å². The average Bonchev–Trinajstić information content (AvgIpc) is 2.97. The second-order valence-electron chi connectivity index (χ2n) is 5.80.